The van der Waals surface area contributed by atoms with Gasteiger partial charge in [-0.05, 0) is 43.3 Å². The van der Waals surface area contributed by atoms with Gasteiger partial charge in [0.15, 0.2) is 5.13 Å². The fraction of sp³-hybridized carbons (Fsp3) is 0.0556. The molecule has 2 aromatic heterocycles. The largest absolute Gasteiger partial charge is 0.507 e. The van der Waals surface area contributed by atoms with E-state index < -0.39 is 5.91 Å². The molecular formula is C18H13FN4O2S. The van der Waals surface area contributed by atoms with Crippen LogP contribution in [0.15, 0.2) is 42.5 Å². The van der Waals surface area contributed by atoms with Gasteiger partial charge in [0.05, 0.1) is 15.9 Å². The summed E-state index contributed by atoms with van der Waals surface area (Å²) >= 11 is 1.18. The predicted octanol–water partition coefficient (Wildman–Crippen LogP) is 4.09. The number of nitrogens with zero attached hydrogens (tertiary/aromatic N) is 2. The summed E-state index contributed by atoms with van der Waals surface area (Å²) in [5.41, 5.74) is 2.81. The molecule has 0 aliphatic rings. The van der Waals surface area contributed by atoms with E-state index in [9.17, 15) is 14.3 Å². The minimum Gasteiger partial charge on any atom is -0.507 e. The van der Waals surface area contributed by atoms with Gasteiger partial charge in [0.1, 0.15) is 17.3 Å². The van der Waals surface area contributed by atoms with Gasteiger partial charge in [0.25, 0.3) is 5.91 Å². The van der Waals surface area contributed by atoms with E-state index in [1.54, 1.807) is 30.3 Å². The summed E-state index contributed by atoms with van der Waals surface area (Å²) in [5.74, 6) is -0.687. The number of hydrogen-bond acceptors (Lipinski definition) is 5. The standard InChI is InChI=1S/C18H13FN4O2S/c1-9-2-5-15(24)11(6-9)13-8-14(23-22-13)17(25)21-18-20-12-4-3-10(19)7-16(12)26-18/h2-8,24H,1H3,(H,22,23)(H,20,21,25). The molecule has 1 amide bonds. The number of phenols is 1. The average molecular weight is 368 g/mol. The Labute approximate surface area is 151 Å². The van der Waals surface area contributed by atoms with Gasteiger partial charge in [-0.25, -0.2) is 9.37 Å². The van der Waals surface area contributed by atoms with Crippen LogP contribution in [0, 0.1) is 12.7 Å². The molecule has 6 nitrogen and oxygen atoms in total. The Kier molecular flexibility index (Phi) is 3.89. The first-order valence-electron chi connectivity index (χ1n) is 7.72. The van der Waals surface area contributed by atoms with Crippen LogP contribution in [0.4, 0.5) is 9.52 Å². The molecule has 0 atom stereocenters. The quantitative estimate of drug-likeness (QED) is 0.508. The second-order valence-electron chi connectivity index (χ2n) is 5.77. The van der Waals surface area contributed by atoms with Gasteiger partial charge < -0.3 is 5.11 Å². The number of phenolic OH excluding ortho intramolecular Hbond substituents is 1. The summed E-state index contributed by atoms with van der Waals surface area (Å²) in [4.78, 5) is 16.7. The van der Waals surface area contributed by atoms with Gasteiger partial charge in [-0.2, -0.15) is 5.10 Å². The maximum Gasteiger partial charge on any atom is 0.275 e. The van der Waals surface area contributed by atoms with Crippen molar-refractivity contribution in [3.8, 4) is 17.0 Å². The topological polar surface area (TPSA) is 90.9 Å². The number of H-pyrrole nitrogens is 1. The van der Waals surface area contributed by atoms with Gasteiger partial charge in [-0.1, -0.05) is 23.0 Å². The summed E-state index contributed by atoms with van der Waals surface area (Å²) in [6.07, 6.45) is 0. The van der Waals surface area contributed by atoms with Gasteiger partial charge in [0.2, 0.25) is 0 Å². The number of aromatic hydroxyl groups is 1. The lowest BCUT2D eigenvalue weighted by atomic mass is 10.1. The van der Waals surface area contributed by atoms with Crippen LogP contribution in [0.1, 0.15) is 16.1 Å². The molecule has 8 heteroatoms. The summed E-state index contributed by atoms with van der Waals surface area (Å²) in [5, 5.41) is 19.8. The third kappa shape index (κ3) is 3.02. The third-order valence-electron chi connectivity index (χ3n) is 3.82. The van der Waals surface area contributed by atoms with Crippen LogP contribution in [-0.2, 0) is 0 Å². The maximum atomic E-state index is 13.3. The number of amides is 1. The molecule has 0 spiro atoms. The first-order chi connectivity index (χ1) is 12.5. The second-order valence-corrected chi connectivity index (χ2v) is 6.80. The van der Waals surface area contributed by atoms with Gasteiger partial charge in [-0.15, -0.1) is 0 Å². The predicted molar refractivity (Wildman–Crippen MR) is 98.0 cm³/mol. The highest BCUT2D eigenvalue weighted by Gasteiger charge is 2.15. The van der Waals surface area contributed by atoms with E-state index in [2.05, 4.69) is 20.5 Å². The summed E-state index contributed by atoms with van der Waals surface area (Å²) in [6, 6.07) is 11.0. The van der Waals surface area contributed by atoms with E-state index in [0.29, 0.717) is 26.6 Å². The smallest absolute Gasteiger partial charge is 0.275 e. The molecule has 130 valence electrons. The number of thiazole rings is 1. The van der Waals surface area contributed by atoms with Crippen LogP contribution in [0.2, 0.25) is 0 Å². The molecule has 4 rings (SSSR count). The lowest BCUT2D eigenvalue weighted by molar-refractivity contribution is 0.102. The molecule has 0 radical (unpaired) electrons. The number of anilines is 1. The Balaban J connectivity index is 1.58. The highest BCUT2D eigenvalue weighted by atomic mass is 32.1. The van der Waals surface area contributed by atoms with Crippen LogP contribution in [0.25, 0.3) is 21.5 Å². The van der Waals surface area contributed by atoms with E-state index in [0.717, 1.165) is 5.56 Å². The summed E-state index contributed by atoms with van der Waals surface area (Å²) in [6.45, 7) is 1.90. The third-order valence-corrected chi connectivity index (χ3v) is 4.76. The second kappa shape index (κ2) is 6.23. The molecular weight excluding hydrogens is 355 g/mol. The number of aromatic amines is 1. The van der Waals surface area contributed by atoms with Crippen molar-refractivity contribution in [3.05, 3.63) is 59.5 Å². The van der Waals surface area contributed by atoms with E-state index in [4.69, 9.17) is 0 Å². The number of aryl methyl sites for hydroxylation is 1. The van der Waals surface area contributed by atoms with E-state index in [-0.39, 0.29) is 17.3 Å². The minimum atomic E-state index is -0.421. The molecule has 0 bridgehead atoms. The Bertz CT molecular complexity index is 1140. The Morgan fingerprint density at radius 3 is 2.92 bits per heavy atom. The number of carbonyl (C=O) groups is 1. The van der Waals surface area contributed by atoms with Crippen LogP contribution in [0.3, 0.4) is 0 Å². The Hall–Kier alpha value is -3.26. The number of carbonyl (C=O) groups excluding carboxylic acids is 1. The zero-order chi connectivity index (χ0) is 18.3. The normalized spacial score (nSPS) is 11.0. The number of aromatic nitrogens is 3. The van der Waals surface area contributed by atoms with Crippen LogP contribution >= 0.6 is 11.3 Å². The number of rotatable bonds is 3. The molecule has 2 aromatic carbocycles. The lowest BCUT2D eigenvalue weighted by Crippen LogP contribution is -2.11. The zero-order valence-electron chi connectivity index (χ0n) is 13.6. The molecule has 0 unspecified atom stereocenters. The highest BCUT2D eigenvalue weighted by Crippen LogP contribution is 2.30. The molecule has 0 saturated carbocycles. The van der Waals surface area contributed by atoms with Crippen molar-refractivity contribution in [1.82, 2.24) is 15.2 Å². The first-order valence-corrected chi connectivity index (χ1v) is 8.54. The molecule has 0 aliphatic heterocycles. The van der Waals surface area contributed by atoms with E-state index in [1.165, 1.54) is 23.5 Å². The molecule has 0 saturated heterocycles. The fourth-order valence-corrected chi connectivity index (χ4v) is 3.43. The molecule has 0 fully saturated rings. The van der Waals surface area contributed by atoms with Crippen molar-refractivity contribution in [2.45, 2.75) is 6.92 Å². The number of benzene rings is 2. The van der Waals surface area contributed by atoms with Crippen molar-refractivity contribution in [3.63, 3.8) is 0 Å². The number of hydrogen-bond donors (Lipinski definition) is 3. The van der Waals surface area contributed by atoms with E-state index >= 15 is 0 Å². The zero-order valence-corrected chi connectivity index (χ0v) is 14.4. The molecule has 4 aromatic rings. The molecule has 2 heterocycles. The van der Waals surface area contributed by atoms with Crippen molar-refractivity contribution < 1.29 is 14.3 Å². The van der Waals surface area contributed by atoms with Crippen molar-refractivity contribution in [1.29, 1.82) is 0 Å². The van der Waals surface area contributed by atoms with Crippen molar-refractivity contribution in [2.24, 2.45) is 0 Å². The summed E-state index contributed by atoms with van der Waals surface area (Å²) < 4.78 is 13.9. The number of halogens is 1. The molecule has 26 heavy (non-hydrogen) atoms. The first kappa shape index (κ1) is 16.2. The maximum absolute atomic E-state index is 13.3. The molecule has 3 N–H and O–H groups in total. The lowest BCUT2D eigenvalue weighted by Gasteiger charge is -2.01. The monoisotopic (exact) mass is 368 g/mol. The Morgan fingerprint density at radius 1 is 1.23 bits per heavy atom. The minimum absolute atomic E-state index is 0.0854. The van der Waals surface area contributed by atoms with Crippen LogP contribution < -0.4 is 5.32 Å². The summed E-state index contributed by atoms with van der Waals surface area (Å²) in [7, 11) is 0. The van der Waals surface area contributed by atoms with Crippen LogP contribution in [0.5, 0.6) is 5.75 Å². The average Bonchev–Trinajstić information content (AvgIpc) is 3.23. The van der Waals surface area contributed by atoms with Crippen LogP contribution in [-0.4, -0.2) is 26.2 Å². The fourth-order valence-electron chi connectivity index (χ4n) is 2.55. The van der Waals surface area contributed by atoms with Gasteiger partial charge in [-0.3, -0.25) is 15.2 Å². The highest BCUT2D eigenvalue weighted by molar-refractivity contribution is 7.22. The number of nitrogens with one attached hydrogen (secondary N) is 2. The van der Waals surface area contributed by atoms with Gasteiger partial charge in [0, 0.05) is 5.56 Å². The van der Waals surface area contributed by atoms with Gasteiger partial charge >= 0.3 is 0 Å². The molecule has 0 aliphatic carbocycles. The van der Waals surface area contributed by atoms with Crippen molar-refractivity contribution >= 4 is 32.6 Å². The van der Waals surface area contributed by atoms with E-state index in [1.807, 2.05) is 6.92 Å². The van der Waals surface area contributed by atoms with Crippen molar-refractivity contribution in [2.75, 3.05) is 5.32 Å². The Morgan fingerprint density at radius 2 is 2.08 bits per heavy atom. The number of fused-ring (bicyclic) bond motifs is 1. The SMILES string of the molecule is Cc1ccc(O)c(-c2cc(C(=O)Nc3nc4ccc(F)cc4s3)[nH]n2)c1.